The molecule has 1 aromatic heterocycles. The maximum absolute atomic E-state index is 11.5. The van der Waals surface area contributed by atoms with Crippen molar-refractivity contribution in [3.05, 3.63) is 29.0 Å². The summed E-state index contributed by atoms with van der Waals surface area (Å²) in [4.78, 5) is 17.5. The first kappa shape index (κ1) is 13.9. The highest BCUT2D eigenvalue weighted by Gasteiger charge is 2.09. The Kier molecular flexibility index (Phi) is 5.94. The van der Waals surface area contributed by atoms with Gasteiger partial charge in [-0.25, -0.2) is 4.98 Å². The lowest BCUT2D eigenvalue weighted by Gasteiger charge is -2.19. The van der Waals surface area contributed by atoms with E-state index >= 15 is 0 Å². The van der Waals surface area contributed by atoms with Crippen LogP contribution in [-0.4, -0.2) is 35.4 Å². The second-order valence-corrected chi connectivity index (χ2v) is 4.13. The minimum atomic E-state index is 0.0505. The highest BCUT2D eigenvalue weighted by atomic mass is 35.5. The summed E-state index contributed by atoms with van der Waals surface area (Å²) in [6, 6.07) is 3.73. The summed E-state index contributed by atoms with van der Waals surface area (Å²) in [6.07, 6.45) is 1.68. The zero-order valence-corrected chi connectivity index (χ0v) is 11.0. The molecule has 0 spiro atoms. The van der Waals surface area contributed by atoms with E-state index in [1.54, 1.807) is 6.20 Å². The number of aromatic nitrogens is 1. The van der Waals surface area contributed by atoms with Crippen LogP contribution in [0.15, 0.2) is 18.3 Å². The number of hydrogen-bond acceptors (Lipinski definition) is 3. The van der Waals surface area contributed by atoms with Crippen molar-refractivity contribution in [2.45, 2.75) is 20.4 Å². The predicted octanol–water partition coefficient (Wildman–Crippen LogP) is 1.69. The standard InChI is InChI=1S/C12H18ClN3O/c1-3-14-12(17)9-16(4-2)8-10-5-6-15-11(13)7-10/h5-7H,3-4,8-9H2,1-2H3,(H,14,17). The van der Waals surface area contributed by atoms with Gasteiger partial charge in [-0.3, -0.25) is 9.69 Å². The number of halogens is 1. The van der Waals surface area contributed by atoms with E-state index < -0.39 is 0 Å². The van der Waals surface area contributed by atoms with Crippen molar-refractivity contribution >= 4 is 17.5 Å². The van der Waals surface area contributed by atoms with Crippen molar-refractivity contribution < 1.29 is 4.79 Å². The van der Waals surface area contributed by atoms with Gasteiger partial charge in [0.15, 0.2) is 0 Å². The second kappa shape index (κ2) is 7.25. The Labute approximate surface area is 107 Å². The molecule has 0 saturated carbocycles. The molecule has 0 unspecified atom stereocenters. The molecule has 0 aromatic carbocycles. The normalized spacial score (nSPS) is 10.6. The molecular weight excluding hydrogens is 238 g/mol. The summed E-state index contributed by atoms with van der Waals surface area (Å²) >= 11 is 5.82. The molecule has 1 N–H and O–H groups in total. The van der Waals surface area contributed by atoms with Gasteiger partial charge in [-0.2, -0.15) is 0 Å². The van der Waals surface area contributed by atoms with Crippen LogP contribution in [-0.2, 0) is 11.3 Å². The number of carbonyl (C=O) groups is 1. The Morgan fingerprint density at radius 3 is 2.88 bits per heavy atom. The first-order valence-electron chi connectivity index (χ1n) is 5.75. The third-order valence-corrected chi connectivity index (χ3v) is 2.59. The van der Waals surface area contributed by atoms with Gasteiger partial charge in [-0.05, 0) is 31.2 Å². The average molecular weight is 256 g/mol. The number of carbonyl (C=O) groups excluding carboxylic acids is 1. The molecule has 0 aliphatic rings. The van der Waals surface area contributed by atoms with Crippen molar-refractivity contribution in [2.75, 3.05) is 19.6 Å². The number of hydrogen-bond donors (Lipinski definition) is 1. The van der Waals surface area contributed by atoms with Crippen molar-refractivity contribution in [3.63, 3.8) is 0 Å². The van der Waals surface area contributed by atoms with Crippen LogP contribution in [0.4, 0.5) is 0 Å². The lowest BCUT2D eigenvalue weighted by molar-refractivity contribution is -0.122. The summed E-state index contributed by atoms with van der Waals surface area (Å²) in [5.74, 6) is 0.0505. The van der Waals surface area contributed by atoms with Crippen LogP contribution >= 0.6 is 11.6 Å². The van der Waals surface area contributed by atoms with Gasteiger partial charge >= 0.3 is 0 Å². The smallest absolute Gasteiger partial charge is 0.234 e. The number of amides is 1. The first-order chi connectivity index (χ1) is 8.15. The molecule has 0 aliphatic heterocycles. The predicted molar refractivity (Wildman–Crippen MR) is 68.9 cm³/mol. The minimum Gasteiger partial charge on any atom is -0.355 e. The van der Waals surface area contributed by atoms with Crippen LogP contribution < -0.4 is 5.32 Å². The van der Waals surface area contributed by atoms with Gasteiger partial charge in [0.25, 0.3) is 0 Å². The molecule has 0 radical (unpaired) electrons. The molecule has 0 aliphatic carbocycles. The summed E-state index contributed by atoms with van der Waals surface area (Å²) in [7, 11) is 0. The van der Waals surface area contributed by atoms with Crippen LogP contribution in [0.1, 0.15) is 19.4 Å². The van der Waals surface area contributed by atoms with E-state index in [1.165, 1.54) is 0 Å². The van der Waals surface area contributed by atoms with E-state index in [4.69, 9.17) is 11.6 Å². The van der Waals surface area contributed by atoms with E-state index in [2.05, 4.69) is 15.2 Å². The summed E-state index contributed by atoms with van der Waals surface area (Å²) in [6.45, 7) is 6.54. The van der Waals surface area contributed by atoms with Gasteiger partial charge in [0.05, 0.1) is 6.54 Å². The molecule has 1 amide bonds. The van der Waals surface area contributed by atoms with E-state index in [-0.39, 0.29) is 5.91 Å². The Bertz CT molecular complexity index is 371. The fourth-order valence-electron chi connectivity index (χ4n) is 1.53. The highest BCUT2D eigenvalue weighted by Crippen LogP contribution is 2.09. The highest BCUT2D eigenvalue weighted by molar-refractivity contribution is 6.29. The van der Waals surface area contributed by atoms with Crippen LogP contribution in [0, 0.1) is 0 Å². The largest absolute Gasteiger partial charge is 0.355 e. The minimum absolute atomic E-state index is 0.0505. The third kappa shape index (κ3) is 5.15. The topological polar surface area (TPSA) is 45.2 Å². The van der Waals surface area contributed by atoms with Crippen LogP contribution in [0.2, 0.25) is 5.15 Å². The van der Waals surface area contributed by atoms with Gasteiger partial charge in [0, 0.05) is 19.3 Å². The lowest BCUT2D eigenvalue weighted by atomic mass is 10.2. The Hall–Kier alpha value is -1.13. The molecule has 94 valence electrons. The van der Waals surface area contributed by atoms with Crippen molar-refractivity contribution in [2.24, 2.45) is 0 Å². The summed E-state index contributed by atoms with van der Waals surface area (Å²) in [5, 5.41) is 3.27. The lowest BCUT2D eigenvalue weighted by Crippen LogP contribution is -2.36. The van der Waals surface area contributed by atoms with Gasteiger partial charge in [-0.15, -0.1) is 0 Å². The Balaban J connectivity index is 2.54. The number of rotatable bonds is 6. The van der Waals surface area contributed by atoms with Gasteiger partial charge in [-0.1, -0.05) is 18.5 Å². The van der Waals surface area contributed by atoms with Crippen molar-refractivity contribution in [3.8, 4) is 0 Å². The molecule has 4 nitrogen and oxygen atoms in total. The molecule has 0 atom stereocenters. The van der Waals surface area contributed by atoms with Crippen LogP contribution in [0.25, 0.3) is 0 Å². The van der Waals surface area contributed by atoms with E-state index in [1.807, 2.05) is 26.0 Å². The Morgan fingerprint density at radius 1 is 1.53 bits per heavy atom. The van der Waals surface area contributed by atoms with Crippen LogP contribution in [0.3, 0.4) is 0 Å². The molecule has 0 fully saturated rings. The molecular formula is C12H18ClN3O. The number of nitrogens with zero attached hydrogens (tertiary/aromatic N) is 2. The quantitative estimate of drug-likeness (QED) is 0.787. The number of pyridine rings is 1. The van der Waals surface area contributed by atoms with Gasteiger partial charge in [0.2, 0.25) is 5.91 Å². The monoisotopic (exact) mass is 255 g/mol. The fraction of sp³-hybridized carbons (Fsp3) is 0.500. The first-order valence-corrected chi connectivity index (χ1v) is 6.13. The van der Waals surface area contributed by atoms with Crippen molar-refractivity contribution in [1.29, 1.82) is 0 Å². The van der Waals surface area contributed by atoms with E-state index in [0.717, 1.165) is 12.1 Å². The maximum Gasteiger partial charge on any atom is 0.234 e. The van der Waals surface area contributed by atoms with Gasteiger partial charge in [0.1, 0.15) is 5.15 Å². The van der Waals surface area contributed by atoms with Crippen LogP contribution in [0.5, 0.6) is 0 Å². The molecule has 1 rings (SSSR count). The maximum atomic E-state index is 11.5. The van der Waals surface area contributed by atoms with Crippen molar-refractivity contribution in [1.82, 2.24) is 15.2 Å². The van der Waals surface area contributed by atoms with Gasteiger partial charge < -0.3 is 5.32 Å². The van der Waals surface area contributed by atoms with E-state index in [9.17, 15) is 4.79 Å². The zero-order chi connectivity index (χ0) is 12.7. The third-order valence-electron chi connectivity index (χ3n) is 2.39. The molecule has 0 bridgehead atoms. The molecule has 17 heavy (non-hydrogen) atoms. The molecule has 0 saturated heterocycles. The SMILES string of the molecule is CCNC(=O)CN(CC)Cc1ccnc(Cl)c1. The molecule has 5 heteroatoms. The fourth-order valence-corrected chi connectivity index (χ4v) is 1.73. The summed E-state index contributed by atoms with van der Waals surface area (Å²) in [5.41, 5.74) is 1.07. The second-order valence-electron chi connectivity index (χ2n) is 3.74. The average Bonchev–Trinajstić information content (AvgIpc) is 2.28. The van der Waals surface area contributed by atoms with E-state index in [0.29, 0.717) is 24.8 Å². The zero-order valence-electron chi connectivity index (χ0n) is 10.2. The summed E-state index contributed by atoms with van der Waals surface area (Å²) < 4.78 is 0. The molecule has 1 heterocycles. The Morgan fingerprint density at radius 2 is 2.29 bits per heavy atom. The number of nitrogens with one attached hydrogen (secondary N) is 1. The molecule has 1 aromatic rings. The number of likely N-dealkylation sites (N-methyl/N-ethyl adjacent to an activating group) is 2.